The highest BCUT2D eigenvalue weighted by molar-refractivity contribution is 7.07. The third kappa shape index (κ3) is 4.81. The van der Waals surface area contributed by atoms with Crippen LogP contribution in [0.5, 0.6) is 0 Å². The van der Waals surface area contributed by atoms with E-state index in [0.29, 0.717) is 20.6 Å². The minimum Gasteiger partial charge on any atom is -0.463 e. The number of fused-ring (bicyclic) bond motifs is 2. The van der Waals surface area contributed by atoms with Crippen LogP contribution in [-0.4, -0.2) is 22.1 Å². The molecule has 1 aliphatic rings. The van der Waals surface area contributed by atoms with E-state index in [2.05, 4.69) is 42.2 Å². The van der Waals surface area contributed by atoms with Crippen molar-refractivity contribution in [3.05, 3.63) is 157 Å². The van der Waals surface area contributed by atoms with Gasteiger partial charge in [0.05, 0.1) is 34.1 Å². The summed E-state index contributed by atoms with van der Waals surface area (Å²) < 4.78 is 7.75. The van der Waals surface area contributed by atoms with Gasteiger partial charge < -0.3 is 9.72 Å². The quantitative estimate of drug-likeness (QED) is 0.227. The molecule has 1 atom stereocenters. The van der Waals surface area contributed by atoms with Crippen LogP contribution in [0.15, 0.2) is 125 Å². The van der Waals surface area contributed by atoms with Gasteiger partial charge in [0.15, 0.2) is 4.80 Å². The summed E-state index contributed by atoms with van der Waals surface area (Å²) in [6.07, 6.45) is 1.96. The Balaban J connectivity index is 1.53. The van der Waals surface area contributed by atoms with Crippen LogP contribution in [0, 0.1) is 6.92 Å². The van der Waals surface area contributed by atoms with Gasteiger partial charge in [-0.3, -0.25) is 9.36 Å². The number of H-pyrrole nitrogens is 1. The van der Waals surface area contributed by atoms with Gasteiger partial charge in [-0.25, -0.2) is 9.79 Å². The first-order valence-electron chi connectivity index (χ1n) is 14.5. The largest absolute Gasteiger partial charge is 0.463 e. The number of benzene rings is 4. The molecular formula is C37H29N3O3S. The van der Waals surface area contributed by atoms with Crippen LogP contribution in [0.4, 0.5) is 0 Å². The first-order chi connectivity index (χ1) is 21.5. The van der Waals surface area contributed by atoms with E-state index in [-0.39, 0.29) is 12.2 Å². The zero-order valence-corrected chi connectivity index (χ0v) is 25.1. The summed E-state index contributed by atoms with van der Waals surface area (Å²) in [7, 11) is 0. The molecule has 4 aromatic carbocycles. The smallest absolute Gasteiger partial charge is 0.338 e. The Kier molecular flexibility index (Phi) is 7.16. The second kappa shape index (κ2) is 11.4. The standard InChI is InChI=1S/C37H29N3O3S/c1-3-43-36(42)31-33(25-15-9-5-10-16-25)39-37-40(34(31)26-17-11-6-12-18-26)35(41)30(44-37)22-28-27-21-23(2)19-20-29(27)38-32(28)24-13-7-4-8-14-24/h4-22,34,38H,3H2,1-2H3/b30-22+/t34-/m1/s1. The fourth-order valence-corrected chi connectivity index (χ4v) is 6.81. The molecule has 7 heteroatoms. The van der Waals surface area contributed by atoms with Gasteiger partial charge in [-0.05, 0) is 43.2 Å². The lowest BCUT2D eigenvalue weighted by Crippen LogP contribution is -2.40. The lowest BCUT2D eigenvalue weighted by Gasteiger charge is -2.25. The lowest BCUT2D eigenvalue weighted by molar-refractivity contribution is -0.138. The molecule has 0 fully saturated rings. The number of aryl methyl sites for hydroxylation is 1. The van der Waals surface area contributed by atoms with E-state index < -0.39 is 12.0 Å². The van der Waals surface area contributed by atoms with Gasteiger partial charge in [0.1, 0.15) is 0 Å². The topological polar surface area (TPSA) is 76.4 Å². The van der Waals surface area contributed by atoms with Gasteiger partial charge >= 0.3 is 5.97 Å². The maximum absolute atomic E-state index is 14.4. The first kappa shape index (κ1) is 27.6. The van der Waals surface area contributed by atoms with Gasteiger partial charge in [0.25, 0.3) is 5.56 Å². The van der Waals surface area contributed by atoms with E-state index in [1.165, 1.54) is 11.3 Å². The highest BCUT2D eigenvalue weighted by atomic mass is 32.1. The van der Waals surface area contributed by atoms with Gasteiger partial charge in [0, 0.05) is 22.0 Å². The number of hydrogen-bond donors (Lipinski definition) is 1. The fraction of sp³-hybridized carbons (Fsp3) is 0.108. The molecule has 0 bridgehead atoms. The van der Waals surface area contributed by atoms with E-state index >= 15 is 0 Å². The maximum Gasteiger partial charge on any atom is 0.338 e. The van der Waals surface area contributed by atoms with Crippen molar-refractivity contribution in [2.45, 2.75) is 19.9 Å². The van der Waals surface area contributed by atoms with Crippen molar-refractivity contribution in [2.75, 3.05) is 6.61 Å². The zero-order chi connectivity index (χ0) is 30.2. The highest BCUT2D eigenvalue weighted by Gasteiger charge is 2.35. The summed E-state index contributed by atoms with van der Waals surface area (Å²) in [5.74, 6) is -0.489. The van der Waals surface area contributed by atoms with Crippen molar-refractivity contribution < 1.29 is 9.53 Å². The number of carbonyl (C=O) groups excluding carboxylic acids is 1. The van der Waals surface area contributed by atoms with Crippen LogP contribution in [0.1, 0.15) is 35.2 Å². The van der Waals surface area contributed by atoms with Crippen LogP contribution in [0.2, 0.25) is 0 Å². The van der Waals surface area contributed by atoms with Crippen LogP contribution in [0.3, 0.4) is 0 Å². The monoisotopic (exact) mass is 595 g/mol. The molecule has 0 amide bonds. The molecular weight excluding hydrogens is 566 g/mol. The summed E-state index contributed by atoms with van der Waals surface area (Å²) in [6.45, 7) is 4.05. The van der Waals surface area contributed by atoms with Crippen LogP contribution < -0.4 is 14.9 Å². The summed E-state index contributed by atoms with van der Waals surface area (Å²) in [6, 6.07) is 34.9. The lowest BCUT2D eigenvalue weighted by atomic mass is 9.93. The van der Waals surface area contributed by atoms with Crippen LogP contribution >= 0.6 is 11.3 Å². The normalized spacial score (nSPS) is 14.9. The van der Waals surface area contributed by atoms with E-state index in [0.717, 1.165) is 44.4 Å². The summed E-state index contributed by atoms with van der Waals surface area (Å²) in [4.78, 5) is 37.2. The van der Waals surface area contributed by atoms with Crippen molar-refractivity contribution in [2.24, 2.45) is 4.99 Å². The molecule has 3 heterocycles. The Labute approximate surface area is 257 Å². The van der Waals surface area contributed by atoms with Crippen molar-refractivity contribution in [3.8, 4) is 11.3 Å². The van der Waals surface area contributed by atoms with E-state index in [4.69, 9.17) is 9.73 Å². The Hall–Kier alpha value is -5.27. The molecule has 0 aliphatic carbocycles. The van der Waals surface area contributed by atoms with E-state index in [1.54, 1.807) is 11.5 Å². The predicted molar refractivity (Wildman–Crippen MR) is 176 cm³/mol. The molecule has 44 heavy (non-hydrogen) atoms. The number of thiazole rings is 1. The van der Waals surface area contributed by atoms with Gasteiger partial charge in [0.2, 0.25) is 0 Å². The Morgan fingerprint density at radius 2 is 1.59 bits per heavy atom. The van der Waals surface area contributed by atoms with Crippen LogP contribution in [-0.2, 0) is 9.53 Å². The van der Waals surface area contributed by atoms with Crippen molar-refractivity contribution in [1.82, 2.24) is 9.55 Å². The first-order valence-corrected chi connectivity index (χ1v) is 15.4. The molecule has 1 aliphatic heterocycles. The number of nitrogens with one attached hydrogen (secondary N) is 1. The number of hydrogen-bond acceptors (Lipinski definition) is 5. The van der Waals surface area contributed by atoms with Crippen molar-refractivity contribution in [3.63, 3.8) is 0 Å². The molecule has 0 saturated carbocycles. The molecule has 216 valence electrons. The molecule has 6 nitrogen and oxygen atoms in total. The number of aromatic nitrogens is 2. The fourth-order valence-electron chi connectivity index (χ4n) is 5.83. The average Bonchev–Trinajstić information content (AvgIpc) is 3.57. The molecule has 7 rings (SSSR count). The molecule has 0 saturated heterocycles. The zero-order valence-electron chi connectivity index (χ0n) is 24.3. The average molecular weight is 596 g/mol. The second-order valence-corrected chi connectivity index (χ2v) is 11.7. The Bertz CT molecular complexity index is 2230. The molecule has 2 aromatic heterocycles. The Morgan fingerprint density at radius 3 is 2.27 bits per heavy atom. The summed E-state index contributed by atoms with van der Waals surface area (Å²) in [5.41, 5.74) is 7.25. The Morgan fingerprint density at radius 1 is 0.932 bits per heavy atom. The maximum atomic E-state index is 14.4. The molecule has 6 aromatic rings. The van der Waals surface area contributed by atoms with Crippen molar-refractivity contribution in [1.29, 1.82) is 0 Å². The highest BCUT2D eigenvalue weighted by Crippen LogP contribution is 2.35. The predicted octanol–water partition coefficient (Wildman–Crippen LogP) is 6.39. The number of esters is 1. The van der Waals surface area contributed by atoms with Gasteiger partial charge in [-0.2, -0.15) is 0 Å². The number of rotatable bonds is 6. The molecule has 0 unspecified atom stereocenters. The molecule has 0 radical (unpaired) electrons. The second-order valence-electron chi connectivity index (χ2n) is 10.7. The third-order valence-corrected chi connectivity index (χ3v) is 8.80. The summed E-state index contributed by atoms with van der Waals surface area (Å²) in [5, 5.41) is 1.03. The minimum atomic E-state index is -0.706. The SMILES string of the molecule is CCOC(=O)C1=C(c2ccccc2)N=c2s/c(=C/c3c(-c4ccccc4)[nH]c4ccc(C)cc34)c(=O)n2[C@@H]1c1ccccc1. The van der Waals surface area contributed by atoms with Gasteiger partial charge in [-0.15, -0.1) is 0 Å². The van der Waals surface area contributed by atoms with E-state index in [9.17, 15) is 9.59 Å². The molecule has 0 spiro atoms. The number of ether oxygens (including phenoxy) is 1. The number of aromatic amines is 1. The number of nitrogens with zero attached hydrogens (tertiary/aromatic N) is 2. The molecule has 1 N–H and O–H groups in total. The summed E-state index contributed by atoms with van der Waals surface area (Å²) >= 11 is 1.33. The van der Waals surface area contributed by atoms with Gasteiger partial charge in [-0.1, -0.05) is 114 Å². The minimum absolute atomic E-state index is 0.207. The van der Waals surface area contributed by atoms with Crippen LogP contribution in [0.25, 0.3) is 33.9 Å². The third-order valence-electron chi connectivity index (χ3n) is 7.82. The number of carbonyl (C=O) groups is 1. The van der Waals surface area contributed by atoms with Crippen molar-refractivity contribution >= 4 is 40.0 Å². The van der Waals surface area contributed by atoms with E-state index in [1.807, 2.05) is 84.9 Å².